The van der Waals surface area contributed by atoms with E-state index in [9.17, 15) is 4.79 Å². The van der Waals surface area contributed by atoms with Crippen LogP contribution in [0.25, 0.3) is 11.3 Å². The summed E-state index contributed by atoms with van der Waals surface area (Å²) in [5, 5.41) is 6.13. The molecule has 140 valence electrons. The molecule has 1 aromatic carbocycles. The third kappa shape index (κ3) is 5.10. The van der Waals surface area contributed by atoms with Gasteiger partial charge in [0.25, 0.3) is 5.91 Å². The van der Waals surface area contributed by atoms with E-state index in [2.05, 4.69) is 25.6 Å². The Morgan fingerprint density at radius 3 is 2.63 bits per heavy atom. The second kappa shape index (κ2) is 8.73. The minimum Gasteiger partial charge on any atom is -0.363 e. The van der Waals surface area contributed by atoms with E-state index < -0.39 is 0 Å². The van der Waals surface area contributed by atoms with Gasteiger partial charge in [-0.1, -0.05) is 12.1 Å². The van der Waals surface area contributed by atoms with Gasteiger partial charge in [-0.2, -0.15) is 0 Å². The normalized spacial score (nSPS) is 10.6. The maximum absolute atomic E-state index is 12.3. The number of benzene rings is 1. The first-order valence-electron chi connectivity index (χ1n) is 8.82. The van der Waals surface area contributed by atoms with Crippen molar-refractivity contribution >= 4 is 23.1 Å². The standard InChI is InChI=1S/C20H23N5OS/c1-14-12-27-19(24-14)5-4-10-21-20(26)16-8-6-15(7-9-16)17-11-18(25(2)3)23-13-22-17/h6-9,11-13H,4-5,10H2,1-3H3,(H,21,26). The Labute approximate surface area is 163 Å². The van der Waals surface area contributed by atoms with Gasteiger partial charge < -0.3 is 10.2 Å². The van der Waals surface area contributed by atoms with Crippen molar-refractivity contribution in [2.24, 2.45) is 0 Å². The Balaban J connectivity index is 1.55. The number of anilines is 1. The van der Waals surface area contributed by atoms with Crippen molar-refractivity contribution in [2.75, 3.05) is 25.5 Å². The maximum atomic E-state index is 12.3. The number of hydrogen-bond acceptors (Lipinski definition) is 6. The lowest BCUT2D eigenvalue weighted by atomic mass is 10.1. The zero-order valence-corrected chi connectivity index (χ0v) is 16.6. The van der Waals surface area contributed by atoms with Crippen LogP contribution >= 0.6 is 11.3 Å². The molecule has 0 spiro atoms. The number of thiazole rings is 1. The van der Waals surface area contributed by atoms with Crippen LogP contribution in [0.3, 0.4) is 0 Å². The van der Waals surface area contributed by atoms with Crippen molar-refractivity contribution in [1.82, 2.24) is 20.3 Å². The highest BCUT2D eigenvalue weighted by Gasteiger charge is 2.08. The molecule has 3 rings (SSSR count). The Morgan fingerprint density at radius 1 is 1.19 bits per heavy atom. The van der Waals surface area contributed by atoms with Crippen molar-refractivity contribution in [3.05, 3.63) is 58.3 Å². The molecule has 1 amide bonds. The van der Waals surface area contributed by atoms with Crippen LogP contribution < -0.4 is 10.2 Å². The number of nitrogens with zero attached hydrogens (tertiary/aromatic N) is 4. The molecule has 2 aromatic heterocycles. The van der Waals surface area contributed by atoms with E-state index >= 15 is 0 Å². The van der Waals surface area contributed by atoms with Crippen LogP contribution in [0.1, 0.15) is 27.5 Å². The van der Waals surface area contributed by atoms with E-state index in [0.717, 1.165) is 40.6 Å². The summed E-state index contributed by atoms with van der Waals surface area (Å²) < 4.78 is 0. The smallest absolute Gasteiger partial charge is 0.251 e. The Bertz CT molecular complexity index is 905. The average molecular weight is 382 g/mol. The number of nitrogens with one attached hydrogen (secondary N) is 1. The SMILES string of the molecule is Cc1csc(CCCNC(=O)c2ccc(-c3cc(N(C)C)ncn3)cc2)n1. The fourth-order valence-electron chi connectivity index (χ4n) is 2.60. The Hall–Kier alpha value is -2.80. The number of carbonyl (C=O) groups is 1. The zero-order chi connectivity index (χ0) is 19.2. The predicted octanol–water partition coefficient (Wildman–Crippen LogP) is 3.34. The molecule has 2 heterocycles. The zero-order valence-electron chi connectivity index (χ0n) is 15.8. The summed E-state index contributed by atoms with van der Waals surface area (Å²) in [7, 11) is 3.88. The summed E-state index contributed by atoms with van der Waals surface area (Å²) in [6.45, 7) is 2.63. The van der Waals surface area contributed by atoms with Crippen molar-refractivity contribution < 1.29 is 4.79 Å². The van der Waals surface area contributed by atoms with E-state index in [0.29, 0.717) is 12.1 Å². The van der Waals surface area contributed by atoms with Gasteiger partial charge in [0.2, 0.25) is 0 Å². The third-order valence-corrected chi connectivity index (χ3v) is 5.10. The van der Waals surface area contributed by atoms with Crippen molar-refractivity contribution in [2.45, 2.75) is 19.8 Å². The first kappa shape index (κ1) is 19.0. The predicted molar refractivity (Wildman–Crippen MR) is 109 cm³/mol. The quantitative estimate of drug-likeness (QED) is 0.636. The van der Waals surface area contributed by atoms with Gasteiger partial charge in [-0.05, 0) is 25.5 Å². The largest absolute Gasteiger partial charge is 0.363 e. The fourth-order valence-corrected chi connectivity index (χ4v) is 3.42. The summed E-state index contributed by atoms with van der Waals surface area (Å²) in [6.07, 6.45) is 3.32. The summed E-state index contributed by atoms with van der Waals surface area (Å²) in [5.74, 6) is 0.783. The van der Waals surface area contributed by atoms with Gasteiger partial charge >= 0.3 is 0 Å². The number of aromatic nitrogens is 3. The van der Waals surface area contributed by atoms with Crippen LogP contribution in [0.5, 0.6) is 0 Å². The minimum absolute atomic E-state index is 0.0615. The number of rotatable bonds is 7. The van der Waals surface area contributed by atoms with E-state index in [1.807, 2.05) is 56.3 Å². The summed E-state index contributed by atoms with van der Waals surface area (Å²) in [5.41, 5.74) is 3.49. The minimum atomic E-state index is -0.0615. The van der Waals surface area contributed by atoms with Crippen molar-refractivity contribution in [3.8, 4) is 11.3 Å². The van der Waals surface area contributed by atoms with Crippen molar-refractivity contribution in [3.63, 3.8) is 0 Å². The van der Waals surface area contributed by atoms with E-state index in [-0.39, 0.29) is 5.91 Å². The van der Waals surface area contributed by atoms with Crippen LogP contribution in [-0.4, -0.2) is 41.5 Å². The molecule has 0 unspecified atom stereocenters. The van der Waals surface area contributed by atoms with Gasteiger partial charge in [0, 0.05) is 55.3 Å². The van der Waals surface area contributed by atoms with Crippen LogP contribution in [0.4, 0.5) is 5.82 Å². The molecule has 0 atom stereocenters. The van der Waals surface area contributed by atoms with Crippen molar-refractivity contribution in [1.29, 1.82) is 0 Å². The molecule has 0 bridgehead atoms. The average Bonchev–Trinajstić information content (AvgIpc) is 3.10. The lowest BCUT2D eigenvalue weighted by Crippen LogP contribution is -2.24. The second-order valence-corrected chi connectivity index (χ2v) is 7.42. The fraction of sp³-hybridized carbons (Fsp3) is 0.300. The third-order valence-electron chi connectivity index (χ3n) is 4.07. The highest BCUT2D eigenvalue weighted by Crippen LogP contribution is 2.20. The summed E-state index contributed by atoms with van der Waals surface area (Å²) in [4.78, 5) is 27.2. The van der Waals surface area contributed by atoms with Gasteiger partial charge in [-0.15, -0.1) is 11.3 Å². The summed E-state index contributed by atoms with van der Waals surface area (Å²) >= 11 is 1.67. The van der Waals surface area contributed by atoms with E-state index in [4.69, 9.17) is 0 Å². The monoisotopic (exact) mass is 381 g/mol. The topological polar surface area (TPSA) is 71.0 Å². The molecule has 3 aromatic rings. The Kier molecular flexibility index (Phi) is 6.13. The molecule has 0 saturated heterocycles. The molecule has 0 aliphatic rings. The molecule has 0 aliphatic heterocycles. The van der Waals surface area contributed by atoms with Gasteiger partial charge in [-0.25, -0.2) is 15.0 Å². The van der Waals surface area contributed by atoms with Gasteiger partial charge in [-0.3, -0.25) is 4.79 Å². The molecule has 0 aliphatic carbocycles. The van der Waals surface area contributed by atoms with Gasteiger partial charge in [0.05, 0.1) is 10.7 Å². The molecular formula is C20H23N5OS. The van der Waals surface area contributed by atoms with Crippen LogP contribution in [0.15, 0.2) is 42.0 Å². The highest BCUT2D eigenvalue weighted by atomic mass is 32.1. The molecule has 0 fully saturated rings. The number of carbonyl (C=O) groups excluding carboxylic acids is 1. The van der Waals surface area contributed by atoms with Gasteiger partial charge in [0.15, 0.2) is 0 Å². The van der Waals surface area contributed by atoms with Crippen LogP contribution in [0.2, 0.25) is 0 Å². The Morgan fingerprint density at radius 2 is 1.96 bits per heavy atom. The van der Waals surface area contributed by atoms with Gasteiger partial charge in [0.1, 0.15) is 12.1 Å². The number of amides is 1. The molecule has 0 radical (unpaired) electrons. The highest BCUT2D eigenvalue weighted by molar-refractivity contribution is 7.09. The first-order chi connectivity index (χ1) is 13.0. The lowest BCUT2D eigenvalue weighted by Gasteiger charge is -2.11. The molecule has 1 N–H and O–H groups in total. The van der Waals surface area contributed by atoms with E-state index in [1.54, 1.807) is 17.7 Å². The van der Waals surface area contributed by atoms with Crippen LogP contribution in [0, 0.1) is 6.92 Å². The number of hydrogen-bond donors (Lipinski definition) is 1. The lowest BCUT2D eigenvalue weighted by molar-refractivity contribution is 0.0953. The van der Waals surface area contributed by atoms with Crippen LogP contribution in [-0.2, 0) is 6.42 Å². The molecule has 0 saturated carbocycles. The molecule has 7 heteroatoms. The molecule has 6 nitrogen and oxygen atoms in total. The first-order valence-corrected chi connectivity index (χ1v) is 9.70. The second-order valence-electron chi connectivity index (χ2n) is 6.48. The maximum Gasteiger partial charge on any atom is 0.251 e. The number of aryl methyl sites for hydroxylation is 2. The summed E-state index contributed by atoms with van der Waals surface area (Å²) in [6, 6.07) is 9.40. The van der Waals surface area contributed by atoms with E-state index in [1.165, 1.54) is 0 Å². The molecular weight excluding hydrogens is 358 g/mol. The molecule has 27 heavy (non-hydrogen) atoms.